The molecule has 0 saturated heterocycles. The number of hydrogen-bond donors (Lipinski definition) is 12. The average molecular weight is 721 g/mol. The molecule has 0 spiro atoms. The Balaban J connectivity index is 1.88. The molecule has 0 aliphatic rings. The second-order valence-electron chi connectivity index (χ2n) is 12.9. The highest BCUT2D eigenvalue weighted by molar-refractivity contribution is 6.16. The van der Waals surface area contributed by atoms with Crippen molar-refractivity contribution in [2.75, 3.05) is 34.4 Å². The number of phenolic OH excluding ortho intramolecular Hbond substituents is 6. The molecule has 54 heavy (non-hydrogen) atoms. The van der Waals surface area contributed by atoms with E-state index in [0.29, 0.717) is 66.8 Å². The molecule has 18 N–H and O–H groups in total. The molecule has 0 fully saturated rings. The van der Waals surface area contributed by atoms with Crippen molar-refractivity contribution in [1.29, 1.82) is 0 Å². The number of aromatic hydroxyl groups is 6. The molecule has 270 valence electrons. The maximum atomic E-state index is 10.6. The number of nitrogen functional groups attached to an aromatic ring is 6. The van der Waals surface area contributed by atoms with Crippen LogP contribution in [-0.2, 0) is 0 Å². The van der Waals surface area contributed by atoms with Crippen LogP contribution in [0.1, 0.15) is 0 Å². The first-order chi connectivity index (χ1) is 25.7. The molecule has 0 heterocycles. The van der Waals surface area contributed by atoms with Crippen molar-refractivity contribution in [2.45, 2.75) is 0 Å². The Morgan fingerprint density at radius 2 is 0.352 bits per heavy atom. The second-order valence-corrected chi connectivity index (χ2v) is 12.9. The van der Waals surface area contributed by atoms with Crippen molar-refractivity contribution in [3.63, 3.8) is 0 Å². The van der Waals surface area contributed by atoms with Crippen LogP contribution in [0.15, 0.2) is 109 Å². The lowest BCUT2D eigenvalue weighted by Crippen LogP contribution is -2.04. The van der Waals surface area contributed by atoms with Crippen molar-refractivity contribution in [1.82, 2.24) is 0 Å². The molecule has 0 bridgehead atoms. The summed E-state index contributed by atoms with van der Waals surface area (Å²) in [6, 6.07) is 28.5. The zero-order valence-corrected chi connectivity index (χ0v) is 28.5. The van der Waals surface area contributed by atoms with Crippen LogP contribution in [0.2, 0.25) is 0 Å². The Labute approximate surface area is 309 Å². The molecular weight excluding hydrogens is 684 g/mol. The zero-order valence-electron chi connectivity index (χ0n) is 28.5. The molecule has 0 amide bonds. The lowest BCUT2D eigenvalue weighted by atomic mass is 9.74. The number of anilines is 6. The van der Waals surface area contributed by atoms with E-state index in [4.69, 9.17) is 34.4 Å². The van der Waals surface area contributed by atoms with Gasteiger partial charge < -0.3 is 65.0 Å². The van der Waals surface area contributed by atoms with Gasteiger partial charge in [-0.05, 0) is 140 Å². The average Bonchev–Trinajstić information content (AvgIpc) is 3.14. The van der Waals surface area contributed by atoms with E-state index in [-0.39, 0.29) is 68.6 Å². The first kappa shape index (κ1) is 34.6. The van der Waals surface area contributed by atoms with Gasteiger partial charge in [-0.25, -0.2) is 0 Å². The minimum atomic E-state index is -0.154. The van der Waals surface area contributed by atoms with Crippen LogP contribution in [-0.4, -0.2) is 30.6 Å². The normalized spacial score (nSPS) is 11.1. The van der Waals surface area contributed by atoms with Gasteiger partial charge in [0.1, 0.15) is 34.5 Å². The fraction of sp³-hybridized carbons (Fsp3) is 0. The van der Waals surface area contributed by atoms with Gasteiger partial charge in [-0.3, -0.25) is 0 Å². The first-order valence-electron chi connectivity index (χ1n) is 16.5. The van der Waals surface area contributed by atoms with Crippen LogP contribution >= 0.6 is 0 Å². The van der Waals surface area contributed by atoms with Gasteiger partial charge in [0, 0.05) is 0 Å². The fourth-order valence-corrected chi connectivity index (χ4v) is 6.74. The highest BCUT2D eigenvalue weighted by Gasteiger charge is 2.30. The lowest BCUT2D eigenvalue weighted by Gasteiger charge is -2.29. The molecule has 12 heteroatoms. The van der Waals surface area contributed by atoms with Crippen LogP contribution in [0.25, 0.3) is 66.8 Å². The molecule has 0 aromatic heterocycles. The minimum absolute atomic E-state index is 0.0704. The number of nitrogens with two attached hydrogens (primary N) is 6. The molecule has 0 aliphatic carbocycles. The van der Waals surface area contributed by atoms with E-state index in [0.717, 1.165) is 0 Å². The van der Waals surface area contributed by atoms with E-state index in [1.54, 1.807) is 72.8 Å². The van der Waals surface area contributed by atoms with E-state index in [2.05, 4.69) is 0 Å². The summed E-state index contributed by atoms with van der Waals surface area (Å²) in [7, 11) is 0. The van der Waals surface area contributed by atoms with Crippen LogP contribution in [0.3, 0.4) is 0 Å². The number of rotatable bonds is 6. The maximum Gasteiger partial charge on any atom is 0.138 e. The Morgan fingerprint density at radius 1 is 0.222 bits per heavy atom. The van der Waals surface area contributed by atoms with Gasteiger partial charge in [0.05, 0.1) is 34.1 Å². The third kappa shape index (κ3) is 5.89. The third-order valence-corrected chi connectivity index (χ3v) is 9.40. The van der Waals surface area contributed by atoms with E-state index < -0.39 is 0 Å². The molecule has 0 radical (unpaired) electrons. The standard InChI is InChI=1S/C42H36N6O6/c43-25-13-19(1-7-31(25)49)37-38(20-2-8-32(50)26(44)14-20)40(22-4-10-34(52)28(46)16-22)42(24-6-12-36(54)30(48)18-24)41(23-5-11-35(53)29(47)17-23)39(37)21-3-9-33(51)27(45)15-21/h1-18,49-54H,43-48H2. The van der Waals surface area contributed by atoms with Gasteiger partial charge in [0.15, 0.2) is 0 Å². The maximum absolute atomic E-state index is 10.6. The summed E-state index contributed by atoms with van der Waals surface area (Å²) in [5.74, 6) is -0.923. The Kier molecular flexibility index (Phi) is 8.35. The van der Waals surface area contributed by atoms with Crippen LogP contribution in [0.5, 0.6) is 34.5 Å². The van der Waals surface area contributed by atoms with Crippen molar-refractivity contribution in [3.05, 3.63) is 109 Å². The van der Waals surface area contributed by atoms with Crippen molar-refractivity contribution in [3.8, 4) is 101 Å². The minimum Gasteiger partial charge on any atom is -0.506 e. The van der Waals surface area contributed by atoms with Crippen LogP contribution < -0.4 is 34.4 Å². The Hall–Kier alpha value is -7.86. The van der Waals surface area contributed by atoms with E-state index >= 15 is 0 Å². The number of phenols is 6. The van der Waals surface area contributed by atoms with Gasteiger partial charge in [-0.15, -0.1) is 0 Å². The number of hydrogen-bond acceptors (Lipinski definition) is 12. The third-order valence-electron chi connectivity index (χ3n) is 9.40. The SMILES string of the molecule is Nc1cc(-c2c(-c3ccc(O)c(N)c3)c(-c3ccc(O)c(N)c3)c(-c3ccc(O)c(N)c3)c(-c3ccc(O)c(N)c3)c2-c2ccc(O)c(N)c2)ccc1O. The summed E-state index contributed by atoms with van der Waals surface area (Å²) in [5, 5.41) is 63.6. The highest BCUT2D eigenvalue weighted by atomic mass is 16.3. The summed E-state index contributed by atoms with van der Waals surface area (Å²) in [6.45, 7) is 0. The molecule has 12 nitrogen and oxygen atoms in total. The second kappa shape index (κ2) is 13.0. The first-order valence-corrected chi connectivity index (χ1v) is 16.5. The highest BCUT2D eigenvalue weighted by Crippen LogP contribution is 2.57. The number of benzene rings is 7. The van der Waals surface area contributed by atoms with Gasteiger partial charge in [-0.1, -0.05) is 36.4 Å². The summed E-state index contributed by atoms with van der Waals surface area (Å²) >= 11 is 0. The van der Waals surface area contributed by atoms with Crippen molar-refractivity contribution < 1.29 is 30.6 Å². The molecule has 0 aliphatic heterocycles. The van der Waals surface area contributed by atoms with Gasteiger partial charge in [0.2, 0.25) is 0 Å². The predicted molar refractivity (Wildman–Crippen MR) is 216 cm³/mol. The summed E-state index contributed by atoms with van der Waals surface area (Å²) in [4.78, 5) is 0. The van der Waals surface area contributed by atoms with Crippen molar-refractivity contribution in [2.24, 2.45) is 0 Å². The fourth-order valence-electron chi connectivity index (χ4n) is 6.74. The topological polar surface area (TPSA) is 278 Å². The van der Waals surface area contributed by atoms with E-state index in [1.165, 1.54) is 36.4 Å². The summed E-state index contributed by atoms with van der Waals surface area (Å²) < 4.78 is 0. The predicted octanol–water partition coefficient (Wildman–Crippen LogP) is 7.42. The Morgan fingerprint density at radius 3 is 0.463 bits per heavy atom. The smallest absolute Gasteiger partial charge is 0.138 e. The zero-order chi connectivity index (χ0) is 38.6. The molecular formula is C42H36N6O6. The van der Waals surface area contributed by atoms with Crippen LogP contribution in [0.4, 0.5) is 34.1 Å². The lowest BCUT2D eigenvalue weighted by molar-refractivity contribution is 0.477. The quantitative estimate of drug-likeness (QED) is 0.0591. The summed E-state index contributed by atoms with van der Waals surface area (Å²) in [6.07, 6.45) is 0. The summed E-state index contributed by atoms with van der Waals surface area (Å²) in [5.41, 5.74) is 44.9. The van der Waals surface area contributed by atoms with Crippen LogP contribution in [0, 0.1) is 0 Å². The van der Waals surface area contributed by atoms with E-state index in [1.807, 2.05) is 0 Å². The largest absolute Gasteiger partial charge is 0.506 e. The molecule has 7 aromatic rings. The van der Waals surface area contributed by atoms with Gasteiger partial charge in [-0.2, -0.15) is 0 Å². The van der Waals surface area contributed by atoms with Crippen molar-refractivity contribution >= 4 is 34.1 Å². The monoisotopic (exact) mass is 720 g/mol. The van der Waals surface area contributed by atoms with Gasteiger partial charge in [0.25, 0.3) is 0 Å². The molecule has 7 aromatic carbocycles. The van der Waals surface area contributed by atoms with Gasteiger partial charge >= 0.3 is 0 Å². The molecule has 0 saturated carbocycles. The Bertz CT molecular complexity index is 2170. The molecule has 0 unspecified atom stereocenters. The van der Waals surface area contributed by atoms with E-state index in [9.17, 15) is 30.6 Å². The molecule has 7 rings (SSSR count). The molecule has 0 atom stereocenters.